The Labute approximate surface area is 120 Å². The first-order valence-electron chi connectivity index (χ1n) is 5.84. The Balaban J connectivity index is 1.85. The number of rotatable bonds is 2. The van der Waals surface area contributed by atoms with Crippen LogP contribution in [0.4, 0.5) is 0 Å². The minimum atomic E-state index is 0.122. The van der Waals surface area contributed by atoms with Crippen LogP contribution in [0.15, 0.2) is 59.6 Å². The van der Waals surface area contributed by atoms with Gasteiger partial charge in [0, 0.05) is 9.13 Å². The molecule has 0 saturated carbocycles. The van der Waals surface area contributed by atoms with Crippen molar-refractivity contribution in [3.8, 4) is 0 Å². The van der Waals surface area contributed by atoms with Gasteiger partial charge in [-0.1, -0.05) is 30.3 Å². The van der Waals surface area contributed by atoms with E-state index in [1.807, 2.05) is 30.3 Å². The third kappa shape index (κ3) is 2.41. The number of ether oxygens (including phenoxy) is 1. The van der Waals surface area contributed by atoms with Crippen LogP contribution in [0.3, 0.4) is 0 Å². The van der Waals surface area contributed by atoms with Crippen molar-refractivity contribution in [2.24, 2.45) is 4.99 Å². The monoisotopic (exact) mass is 349 g/mol. The number of nitrogens with zero attached hydrogens (tertiary/aromatic N) is 1. The Morgan fingerprint density at radius 2 is 1.72 bits per heavy atom. The molecule has 1 atom stereocenters. The fourth-order valence-electron chi connectivity index (χ4n) is 1.97. The lowest BCUT2D eigenvalue weighted by atomic mass is 10.1. The van der Waals surface area contributed by atoms with Gasteiger partial charge in [-0.15, -0.1) is 0 Å². The molecule has 0 aliphatic carbocycles. The van der Waals surface area contributed by atoms with Gasteiger partial charge in [0.15, 0.2) is 0 Å². The molecule has 0 aromatic heterocycles. The first-order valence-corrected chi connectivity index (χ1v) is 6.92. The van der Waals surface area contributed by atoms with Crippen LogP contribution in [0.5, 0.6) is 0 Å². The van der Waals surface area contributed by atoms with Crippen LogP contribution in [0, 0.1) is 3.57 Å². The van der Waals surface area contributed by atoms with Crippen LogP contribution in [0.25, 0.3) is 0 Å². The maximum Gasteiger partial charge on any atom is 0.216 e. The quantitative estimate of drug-likeness (QED) is 0.756. The van der Waals surface area contributed by atoms with Gasteiger partial charge >= 0.3 is 0 Å². The molecule has 0 amide bonds. The average molecular weight is 349 g/mol. The van der Waals surface area contributed by atoms with Gasteiger partial charge < -0.3 is 4.74 Å². The summed E-state index contributed by atoms with van der Waals surface area (Å²) in [6.07, 6.45) is 0. The zero-order valence-electron chi connectivity index (χ0n) is 9.71. The molecule has 2 aromatic carbocycles. The van der Waals surface area contributed by atoms with Crippen LogP contribution < -0.4 is 0 Å². The maximum absolute atomic E-state index is 5.68. The molecule has 2 aromatic rings. The number of halogens is 1. The highest BCUT2D eigenvalue weighted by atomic mass is 127. The van der Waals surface area contributed by atoms with Gasteiger partial charge in [-0.25, -0.2) is 4.99 Å². The van der Waals surface area contributed by atoms with Crippen molar-refractivity contribution in [1.29, 1.82) is 0 Å². The van der Waals surface area contributed by atoms with Crippen LogP contribution in [-0.4, -0.2) is 12.5 Å². The SMILES string of the molecule is Ic1ccc([C@@H]2COC(c3ccccc3)=N2)cc1. The summed E-state index contributed by atoms with van der Waals surface area (Å²) in [5.74, 6) is 0.749. The molecule has 1 aliphatic heterocycles. The van der Waals surface area contributed by atoms with Crippen molar-refractivity contribution in [3.05, 3.63) is 69.3 Å². The van der Waals surface area contributed by atoms with E-state index < -0.39 is 0 Å². The first kappa shape index (κ1) is 11.7. The lowest BCUT2D eigenvalue weighted by Crippen LogP contribution is -2.00. The van der Waals surface area contributed by atoms with E-state index in [0.717, 1.165) is 11.5 Å². The Hall–Kier alpha value is -1.36. The van der Waals surface area contributed by atoms with Crippen molar-refractivity contribution >= 4 is 28.5 Å². The van der Waals surface area contributed by atoms with Crippen LogP contribution in [-0.2, 0) is 4.74 Å². The number of aliphatic imine (C=N–C) groups is 1. The fourth-order valence-corrected chi connectivity index (χ4v) is 2.33. The molecule has 18 heavy (non-hydrogen) atoms. The Kier molecular flexibility index (Phi) is 3.32. The molecule has 1 aliphatic rings. The van der Waals surface area contributed by atoms with E-state index in [0.29, 0.717) is 6.61 Å². The second kappa shape index (κ2) is 5.10. The second-order valence-corrected chi connectivity index (χ2v) is 5.42. The zero-order chi connectivity index (χ0) is 12.4. The van der Waals surface area contributed by atoms with Gasteiger partial charge in [0.2, 0.25) is 5.90 Å². The Morgan fingerprint density at radius 3 is 2.44 bits per heavy atom. The molecular weight excluding hydrogens is 337 g/mol. The summed E-state index contributed by atoms with van der Waals surface area (Å²) in [5.41, 5.74) is 2.26. The molecule has 0 N–H and O–H groups in total. The highest BCUT2D eigenvalue weighted by Crippen LogP contribution is 2.25. The maximum atomic E-state index is 5.68. The van der Waals surface area contributed by atoms with E-state index in [-0.39, 0.29) is 6.04 Å². The molecule has 0 spiro atoms. The summed E-state index contributed by atoms with van der Waals surface area (Å²) >= 11 is 2.31. The minimum absolute atomic E-state index is 0.122. The standard InChI is InChI=1S/C15H12INO/c16-13-8-6-11(7-9-13)14-10-18-15(17-14)12-4-2-1-3-5-12/h1-9,14H,10H2/t14-/m0/s1. The largest absolute Gasteiger partial charge is 0.475 e. The molecule has 2 nitrogen and oxygen atoms in total. The van der Waals surface area contributed by atoms with Crippen LogP contribution in [0.2, 0.25) is 0 Å². The van der Waals surface area contributed by atoms with Gasteiger partial charge in [0.25, 0.3) is 0 Å². The summed E-state index contributed by atoms with van der Waals surface area (Å²) in [5, 5.41) is 0. The van der Waals surface area contributed by atoms with Crippen molar-refractivity contribution in [2.45, 2.75) is 6.04 Å². The normalized spacial score (nSPS) is 18.3. The van der Waals surface area contributed by atoms with Crippen molar-refractivity contribution in [3.63, 3.8) is 0 Å². The van der Waals surface area contributed by atoms with E-state index >= 15 is 0 Å². The molecular formula is C15H12INO. The summed E-state index contributed by atoms with van der Waals surface area (Å²) in [4.78, 5) is 4.65. The van der Waals surface area contributed by atoms with E-state index in [2.05, 4.69) is 51.8 Å². The van der Waals surface area contributed by atoms with Crippen molar-refractivity contribution < 1.29 is 4.74 Å². The smallest absolute Gasteiger partial charge is 0.216 e. The minimum Gasteiger partial charge on any atom is -0.475 e. The molecule has 3 rings (SSSR count). The number of hydrogen-bond donors (Lipinski definition) is 0. The Morgan fingerprint density at radius 1 is 1.00 bits per heavy atom. The van der Waals surface area contributed by atoms with Gasteiger partial charge in [-0.05, 0) is 52.4 Å². The lowest BCUT2D eigenvalue weighted by Gasteiger charge is -2.04. The molecule has 0 bridgehead atoms. The Bertz CT molecular complexity index is 563. The van der Waals surface area contributed by atoms with Crippen LogP contribution in [0.1, 0.15) is 17.2 Å². The molecule has 90 valence electrons. The fraction of sp³-hybridized carbons (Fsp3) is 0.133. The van der Waals surface area contributed by atoms with Gasteiger partial charge in [-0.3, -0.25) is 0 Å². The molecule has 0 fully saturated rings. The molecule has 0 saturated heterocycles. The topological polar surface area (TPSA) is 21.6 Å². The van der Waals surface area contributed by atoms with Gasteiger partial charge in [0.05, 0.1) is 0 Å². The summed E-state index contributed by atoms with van der Waals surface area (Å²) < 4.78 is 6.92. The molecule has 3 heteroatoms. The summed E-state index contributed by atoms with van der Waals surface area (Å²) in [6, 6.07) is 18.6. The average Bonchev–Trinajstić information content (AvgIpc) is 2.90. The third-order valence-corrected chi connectivity index (χ3v) is 3.65. The van der Waals surface area contributed by atoms with Crippen LogP contribution >= 0.6 is 22.6 Å². The zero-order valence-corrected chi connectivity index (χ0v) is 11.9. The predicted octanol–water partition coefficient (Wildman–Crippen LogP) is 3.81. The predicted molar refractivity (Wildman–Crippen MR) is 80.8 cm³/mol. The molecule has 0 unspecified atom stereocenters. The van der Waals surface area contributed by atoms with Crippen molar-refractivity contribution in [1.82, 2.24) is 0 Å². The molecule has 0 radical (unpaired) electrons. The summed E-state index contributed by atoms with van der Waals surface area (Å²) in [6.45, 7) is 0.630. The number of hydrogen-bond acceptors (Lipinski definition) is 2. The van der Waals surface area contributed by atoms with Gasteiger partial charge in [0.1, 0.15) is 12.6 Å². The van der Waals surface area contributed by atoms with Crippen molar-refractivity contribution in [2.75, 3.05) is 6.61 Å². The second-order valence-electron chi connectivity index (χ2n) is 4.18. The third-order valence-electron chi connectivity index (χ3n) is 2.93. The molecule has 1 heterocycles. The highest BCUT2D eigenvalue weighted by Gasteiger charge is 2.21. The van der Waals surface area contributed by atoms with E-state index in [9.17, 15) is 0 Å². The van der Waals surface area contributed by atoms with E-state index in [1.54, 1.807) is 0 Å². The lowest BCUT2D eigenvalue weighted by molar-refractivity contribution is 0.320. The van der Waals surface area contributed by atoms with E-state index in [1.165, 1.54) is 9.13 Å². The van der Waals surface area contributed by atoms with Gasteiger partial charge in [-0.2, -0.15) is 0 Å². The first-order chi connectivity index (χ1) is 8.83. The highest BCUT2D eigenvalue weighted by molar-refractivity contribution is 14.1. The summed E-state index contributed by atoms with van der Waals surface area (Å²) in [7, 11) is 0. The van der Waals surface area contributed by atoms with E-state index in [4.69, 9.17) is 4.74 Å². The number of benzene rings is 2.